The molecule has 2 saturated heterocycles. The Bertz CT molecular complexity index is 779. The largest absolute Gasteiger partial charge is 0.381 e. The summed E-state index contributed by atoms with van der Waals surface area (Å²) in [4.78, 5) is 20.8. The van der Waals surface area contributed by atoms with Gasteiger partial charge in [0.1, 0.15) is 0 Å². The van der Waals surface area contributed by atoms with Crippen molar-refractivity contribution in [3.8, 4) is 0 Å². The lowest BCUT2D eigenvalue weighted by Gasteiger charge is -2.32. The third kappa shape index (κ3) is 3.62. The highest BCUT2D eigenvalue weighted by Crippen LogP contribution is 2.40. The number of anilines is 1. The third-order valence-electron chi connectivity index (χ3n) is 5.41. The van der Waals surface area contributed by atoms with Gasteiger partial charge in [0.05, 0.1) is 13.2 Å². The molecule has 2 amide bonds. The van der Waals surface area contributed by atoms with Gasteiger partial charge in [-0.25, -0.2) is 4.79 Å². The van der Waals surface area contributed by atoms with Crippen LogP contribution in [0, 0.1) is 5.92 Å². The summed E-state index contributed by atoms with van der Waals surface area (Å²) in [5, 5.41) is 6.80. The van der Waals surface area contributed by atoms with Crippen LogP contribution in [0.2, 0.25) is 0 Å². The average Bonchev–Trinajstić information content (AvgIpc) is 3.32. The number of nitrogens with zero attached hydrogens (tertiary/aromatic N) is 4. The van der Waals surface area contributed by atoms with Crippen LogP contribution in [-0.4, -0.2) is 61.0 Å². The Morgan fingerprint density at radius 3 is 2.89 bits per heavy atom. The molecule has 1 aromatic carbocycles. The summed E-state index contributed by atoms with van der Waals surface area (Å²) < 4.78 is 10.9. The first kappa shape index (κ1) is 17.8. The van der Waals surface area contributed by atoms with Gasteiger partial charge in [-0.15, -0.1) is 0 Å². The monoisotopic (exact) mass is 371 g/mol. The third-order valence-corrected chi connectivity index (χ3v) is 5.41. The molecular formula is C19H25N5O3. The van der Waals surface area contributed by atoms with E-state index in [9.17, 15) is 4.79 Å². The van der Waals surface area contributed by atoms with Crippen LogP contribution < -0.4 is 10.2 Å². The van der Waals surface area contributed by atoms with Crippen molar-refractivity contribution < 1.29 is 14.1 Å². The highest BCUT2D eigenvalue weighted by atomic mass is 16.5. The summed E-state index contributed by atoms with van der Waals surface area (Å²) in [7, 11) is 3.68. The van der Waals surface area contributed by atoms with E-state index in [1.807, 2.05) is 25.1 Å². The van der Waals surface area contributed by atoms with E-state index in [1.54, 1.807) is 4.90 Å². The molecule has 2 aromatic rings. The molecule has 3 atom stereocenters. The van der Waals surface area contributed by atoms with Crippen molar-refractivity contribution in [1.82, 2.24) is 20.4 Å². The molecular weight excluding hydrogens is 346 g/mol. The summed E-state index contributed by atoms with van der Waals surface area (Å²) in [6.45, 7) is 2.31. The van der Waals surface area contributed by atoms with Crippen LogP contribution in [0.25, 0.3) is 0 Å². The maximum Gasteiger partial charge on any atom is 0.318 e. The second kappa shape index (κ2) is 7.56. The van der Waals surface area contributed by atoms with E-state index in [0.717, 1.165) is 6.42 Å². The number of urea groups is 1. The molecule has 27 heavy (non-hydrogen) atoms. The summed E-state index contributed by atoms with van der Waals surface area (Å²) in [5.41, 5.74) is 1.26. The van der Waals surface area contributed by atoms with Gasteiger partial charge in [-0.05, 0) is 17.1 Å². The Hall–Kier alpha value is -2.61. The molecule has 3 heterocycles. The molecule has 3 unspecified atom stereocenters. The summed E-state index contributed by atoms with van der Waals surface area (Å²) in [6, 6.07) is 10.5. The Kier molecular flexibility index (Phi) is 4.98. The number of benzene rings is 1. The fraction of sp³-hybridized carbons (Fsp3) is 0.526. The first-order valence-electron chi connectivity index (χ1n) is 9.30. The maximum absolute atomic E-state index is 12.9. The Labute approximate surface area is 158 Å². The zero-order valence-electron chi connectivity index (χ0n) is 15.7. The van der Waals surface area contributed by atoms with Gasteiger partial charge >= 0.3 is 6.03 Å². The summed E-state index contributed by atoms with van der Waals surface area (Å²) in [6.07, 6.45) is 0.868. The molecule has 4 rings (SSSR count). The van der Waals surface area contributed by atoms with Crippen LogP contribution in [-0.2, 0) is 11.3 Å². The molecule has 0 spiro atoms. The van der Waals surface area contributed by atoms with Gasteiger partial charge in [-0.1, -0.05) is 30.3 Å². The van der Waals surface area contributed by atoms with Crippen molar-refractivity contribution in [3.05, 3.63) is 41.8 Å². The SMILES string of the molecule is CN(C)c1noc(CNC(=O)N2CC(c3ccccc3)C3COCCC32)n1. The Morgan fingerprint density at radius 1 is 1.33 bits per heavy atom. The first-order valence-corrected chi connectivity index (χ1v) is 9.30. The van der Waals surface area contributed by atoms with E-state index < -0.39 is 0 Å². The van der Waals surface area contributed by atoms with Gasteiger partial charge in [0.2, 0.25) is 5.89 Å². The summed E-state index contributed by atoms with van der Waals surface area (Å²) >= 11 is 0. The van der Waals surface area contributed by atoms with Gasteiger partial charge in [0.25, 0.3) is 5.95 Å². The van der Waals surface area contributed by atoms with Crippen molar-refractivity contribution in [2.75, 3.05) is 38.8 Å². The van der Waals surface area contributed by atoms with Crippen LogP contribution in [0.1, 0.15) is 23.8 Å². The molecule has 0 radical (unpaired) electrons. The zero-order valence-corrected chi connectivity index (χ0v) is 15.7. The van der Waals surface area contributed by atoms with Crippen molar-refractivity contribution in [2.24, 2.45) is 5.92 Å². The fourth-order valence-electron chi connectivity index (χ4n) is 4.04. The van der Waals surface area contributed by atoms with Crippen LogP contribution in [0.15, 0.2) is 34.9 Å². The van der Waals surface area contributed by atoms with Gasteiger partial charge in [-0.2, -0.15) is 4.98 Å². The molecule has 2 fully saturated rings. The highest BCUT2D eigenvalue weighted by molar-refractivity contribution is 5.75. The van der Waals surface area contributed by atoms with E-state index in [4.69, 9.17) is 9.26 Å². The smallest absolute Gasteiger partial charge is 0.318 e. The lowest BCUT2D eigenvalue weighted by molar-refractivity contribution is 0.0261. The number of aromatic nitrogens is 2. The molecule has 144 valence electrons. The zero-order chi connectivity index (χ0) is 18.8. The van der Waals surface area contributed by atoms with E-state index in [1.165, 1.54) is 5.56 Å². The number of carbonyl (C=O) groups is 1. The lowest BCUT2D eigenvalue weighted by atomic mass is 9.84. The van der Waals surface area contributed by atoms with Crippen molar-refractivity contribution >= 4 is 12.0 Å². The molecule has 0 saturated carbocycles. The van der Waals surface area contributed by atoms with Crippen LogP contribution in [0.5, 0.6) is 0 Å². The predicted octanol–water partition coefficient (Wildman–Crippen LogP) is 1.85. The second-order valence-corrected chi connectivity index (χ2v) is 7.31. The fourth-order valence-corrected chi connectivity index (χ4v) is 4.04. The molecule has 8 nitrogen and oxygen atoms in total. The number of nitrogens with one attached hydrogen (secondary N) is 1. The van der Waals surface area contributed by atoms with Crippen LogP contribution in [0.3, 0.4) is 0 Å². The minimum absolute atomic E-state index is 0.0880. The molecule has 0 bridgehead atoms. The minimum atomic E-state index is -0.0880. The molecule has 0 aliphatic carbocycles. The molecule has 1 aromatic heterocycles. The van der Waals surface area contributed by atoms with E-state index >= 15 is 0 Å². The topological polar surface area (TPSA) is 83.7 Å². The first-order chi connectivity index (χ1) is 13.1. The number of hydrogen-bond acceptors (Lipinski definition) is 6. The van der Waals surface area contributed by atoms with Crippen LogP contribution in [0.4, 0.5) is 10.7 Å². The van der Waals surface area contributed by atoms with E-state index in [-0.39, 0.29) is 18.6 Å². The standard InChI is InChI=1S/C19H25N5O3/c1-23(2)18-21-17(27-22-18)10-20-19(25)24-11-14(13-6-4-3-5-7-13)15-12-26-9-8-16(15)24/h3-7,14-16H,8-12H2,1-2H3,(H,20,25). The van der Waals surface area contributed by atoms with Crippen molar-refractivity contribution in [1.29, 1.82) is 0 Å². The predicted molar refractivity (Wildman–Crippen MR) is 99.5 cm³/mol. The molecule has 2 aliphatic rings. The normalized spacial score (nSPS) is 24.5. The summed E-state index contributed by atoms with van der Waals surface area (Å²) in [5.74, 6) is 1.52. The molecule has 1 N–H and O–H groups in total. The second-order valence-electron chi connectivity index (χ2n) is 7.31. The quantitative estimate of drug-likeness (QED) is 0.883. The van der Waals surface area contributed by atoms with Gasteiger partial charge < -0.3 is 24.4 Å². The highest BCUT2D eigenvalue weighted by Gasteiger charge is 2.45. The Morgan fingerprint density at radius 2 is 2.15 bits per heavy atom. The van der Waals surface area contributed by atoms with Gasteiger partial charge in [0.15, 0.2) is 0 Å². The average molecular weight is 371 g/mol. The number of likely N-dealkylation sites (tertiary alicyclic amines) is 1. The number of rotatable bonds is 4. The van der Waals surface area contributed by atoms with Crippen molar-refractivity contribution in [2.45, 2.75) is 24.9 Å². The van der Waals surface area contributed by atoms with Crippen molar-refractivity contribution in [3.63, 3.8) is 0 Å². The minimum Gasteiger partial charge on any atom is -0.381 e. The molecule has 2 aliphatic heterocycles. The number of ether oxygens (including phenoxy) is 1. The number of hydrogen-bond donors (Lipinski definition) is 1. The number of carbonyl (C=O) groups excluding carboxylic acids is 1. The van der Waals surface area contributed by atoms with Gasteiger partial charge in [-0.3, -0.25) is 0 Å². The Balaban J connectivity index is 1.44. The number of amides is 2. The van der Waals surface area contributed by atoms with E-state index in [0.29, 0.717) is 43.4 Å². The lowest BCUT2D eigenvalue weighted by Crippen LogP contribution is -2.46. The van der Waals surface area contributed by atoms with Crippen LogP contribution >= 0.6 is 0 Å². The maximum atomic E-state index is 12.9. The van der Waals surface area contributed by atoms with E-state index in [2.05, 4.69) is 39.7 Å². The number of fused-ring (bicyclic) bond motifs is 1. The van der Waals surface area contributed by atoms with Gasteiger partial charge in [0, 0.05) is 45.1 Å². The molecule has 8 heteroatoms.